The second-order valence-corrected chi connectivity index (χ2v) is 4.06. The van der Waals surface area contributed by atoms with Gasteiger partial charge in [-0.15, -0.1) is 0 Å². The van der Waals surface area contributed by atoms with Crippen LogP contribution in [0.1, 0.15) is 5.56 Å². The zero-order valence-electron chi connectivity index (χ0n) is 11.4. The van der Waals surface area contributed by atoms with Gasteiger partial charge in [-0.3, -0.25) is 0 Å². The van der Waals surface area contributed by atoms with Crippen LogP contribution >= 0.6 is 0 Å². The van der Waals surface area contributed by atoms with Crippen molar-refractivity contribution in [3.05, 3.63) is 29.8 Å². The van der Waals surface area contributed by atoms with Crippen LogP contribution in [0.4, 0.5) is 5.69 Å². The van der Waals surface area contributed by atoms with Crippen LogP contribution in [0.3, 0.4) is 0 Å². The molecule has 0 aliphatic heterocycles. The zero-order chi connectivity index (χ0) is 14.1. The first-order chi connectivity index (χ1) is 9.19. The molecule has 0 heterocycles. The molecule has 0 bridgehead atoms. The number of nitrogens with zero attached hydrogens (tertiary/aromatic N) is 2. The summed E-state index contributed by atoms with van der Waals surface area (Å²) in [7, 11) is 3.64. The number of nitrogens with two attached hydrogens (primary N) is 1. The van der Waals surface area contributed by atoms with Crippen LogP contribution in [0, 0.1) is 0 Å². The SMILES string of the molecule is COCCOCCN(C)c1ccc(C(N)=NO)cc1. The van der Waals surface area contributed by atoms with E-state index in [0.717, 1.165) is 12.2 Å². The summed E-state index contributed by atoms with van der Waals surface area (Å²) >= 11 is 0. The Hall–Kier alpha value is -1.79. The van der Waals surface area contributed by atoms with Crippen LogP contribution in [-0.2, 0) is 9.47 Å². The van der Waals surface area contributed by atoms with Gasteiger partial charge < -0.3 is 25.3 Å². The summed E-state index contributed by atoms with van der Waals surface area (Å²) in [6.45, 7) is 2.64. The molecule has 6 heteroatoms. The summed E-state index contributed by atoms with van der Waals surface area (Å²) in [5.41, 5.74) is 7.24. The number of amidine groups is 1. The molecule has 0 saturated heterocycles. The van der Waals surface area contributed by atoms with Gasteiger partial charge in [0.25, 0.3) is 0 Å². The number of methoxy groups -OCH3 is 1. The summed E-state index contributed by atoms with van der Waals surface area (Å²) in [5, 5.41) is 11.5. The largest absolute Gasteiger partial charge is 0.409 e. The molecular weight excluding hydrogens is 246 g/mol. The second kappa shape index (κ2) is 8.34. The van der Waals surface area contributed by atoms with E-state index in [1.54, 1.807) is 7.11 Å². The maximum Gasteiger partial charge on any atom is 0.170 e. The second-order valence-electron chi connectivity index (χ2n) is 4.06. The number of hydrogen-bond acceptors (Lipinski definition) is 5. The fourth-order valence-corrected chi connectivity index (χ4v) is 1.52. The van der Waals surface area contributed by atoms with E-state index in [1.807, 2.05) is 31.3 Å². The molecule has 1 aromatic rings. The van der Waals surface area contributed by atoms with Crippen LogP contribution < -0.4 is 10.6 Å². The highest BCUT2D eigenvalue weighted by Crippen LogP contribution is 2.13. The molecule has 0 aromatic heterocycles. The number of anilines is 1. The average molecular weight is 267 g/mol. The number of ether oxygens (including phenoxy) is 2. The molecule has 19 heavy (non-hydrogen) atoms. The molecule has 106 valence electrons. The molecule has 0 amide bonds. The van der Waals surface area contributed by atoms with E-state index in [1.165, 1.54) is 0 Å². The third-order valence-corrected chi connectivity index (χ3v) is 2.71. The summed E-state index contributed by atoms with van der Waals surface area (Å²) in [5.74, 6) is 0.108. The fourth-order valence-electron chi connectivity index (χ4n) is 1.52. The van der Waals surface area contributed by atoms with Gasteiger partial charge in [-0.25, -0.2) is 0 Å². The smallest absolute Gasteiger partial charge is 0.170 e. The Kier molecular flexibility index (Phi) is 6.70. The highest BCUT2D eigenvalue weighted by Gasteiger charge is 2.03. The minimum atomic E-state index is 0.108. The molecule has 0 aliphatic rings. The van der Waals surface area contributed by atoms with Crippen molar-refractivity contribution < 1.29 is 14.7 Å². The van der Waals surface area contributed by atoms with Gasteiger partial charge in [0.05, 0.1) is 19.8 Å². The van der Waals surface area contributed by atoms with E-state index in [2.05, 4.69) is 10.1 Å². The normalized spacial score (nSPS) is 11.6. The van der Waals surface area contributed by atoms with E-state index < -0.39 is 0 Å². The lowest BCUT2D eigenvalue weighted by Gasteiger charge is -2.19. The standard InChI is InChI=1S/C13H21N3O3/c1-16(7-8-19-10-9-18-2)12-5-3-11(4-6-12)13(14)15-17/h3-6,17H,7-10H2,1-2H3,(H2,14,15). The number of hydrogen-bond donors (Lipinski definition) is 2. The zero-order valence-corrected chi connectivity index (χ0v) is 11.4. The first-order valence-electron chi connectivity index (χ1n) is 6.04. The molecule has 0 radical (unpaired) electrons. The average Bonchev–Trinajstić information content (AvgIpc) is 2.46. The van der Waals surface area contributed by atoms with Gasteiger partial charge in [0.15, 0.2) is 5.84 Å². The van der Waals surface area contributed by atoms with E-state index in [0.29, 0.717) is 25.4 Å². The first kappa shape index (κ1) is 15.3. The third-order valence-electron chi connectivity index (χ3n) is 2.71. The molecule has 1 rings (SSSR count). The van der Waals surface area contributed by atoms with Crippen LogP contribution in [0.15, 0.2) is 29.4 Å². The monoisotopic (exact) mass is 267 g/mol. The highest BCUT2D eigenvalue weighted by atomic mass is 16.5. The molecule has 3 N–H and O–H groups in total. The lowest BCUT2D eigenvalue weighted by molar-refractivity contribution is 0.0744. The number of likely N-dealkylation sites (N-methyl/N-ethyl adjacent to an activating group) is 1. The van der Waals surface area contributed by atoms with Gasteiger partial charge in [-0.2, -0.15) is 0 Å². The van der Waals surface area contributed by atoms with Crippen molar-refractivity contribution in [3.63, 3.8) is 0 Å². The van der Waals surface area contributed by atoms with Crippen LogP contribution in [0.5, 0.6) is 0 Å². The predicted molar refractivity (Wildman–Crippen MR) is 74.9 cm³/mol. The quantitative estimate of drug-likeness (QED) is 0.240. The van der Waals surface area contributed by atoms with Gasteiger partial charge in [-0.1, -0.05) is 5.16 Å². The molecule has 0 fully saturated rings. The van der Waals surface area contributed by atoms with Gasteiger partial charge in [0, 0.05) is 32.0 Å². The maximum absolute atomic E-state index is 8.58. The summed E-state index contributed by atoms with van der Waals surface area (Å²) in [4.78, 5) is 2.07. The minimum Gasteiger partial charge on any atom is -0.409 e. The van der Waals surface area contributed by atoms with Crippen molar-refractivity contribution in [2.24, 2.45) is 10.9 Å². The Bertz CT molecular complexity index is 393. The van der Waals surface area contributed by atoms with Crippen LogP contribution in [0.2, 0.25) is 0 Å². The van der Waals surface area contributed by atoms with Crippen molar-refractivity contribution in [2.45, 2.75) is 0 Å². The van der Waals surface area contributed by atoms with Crippen LogP contribution in [-0.4, -0.2) is 51.6 Å². The molecule has 0 aliphatic carbocycles. The lowest BCUT2D eigenvalue weighted by atomic mass is 10.2. The molecule has 6 nitrogen and oxygen atoms in total. The molecular formula is C13H21N3O3. The minimum absolute atomic E-state index is 0.108. The van der Waals surface area contributed by atoms with Crippen molar-refractivity contribution in [2.75, 3.05) is 45.4 Å². The molecule has 0 spiro atoms. The van der Waals surface area contributed by atoms with Crippen LogP contribution in [0.25, 0.3) is 0 Å². The Morgan fingerprint density at radius 1 is 1.26 bits per heavy atom. The molecule has 0 atom stereocenters. The van der Waals surface area contributed by atoms with Gasteiger partial charge in [0.1, 0.15) is 0 Å². The van der Waals surface area contributed by atoms with Gasteiger partial charge in [-0.05, 0) is 24.3 Å². The highest BCUT2D eigenvalue weighted by molar-refractivity contribution is 5.97. The summed E-state index contributed by atoms with van der Waals surface area (Å²) in [6.07, 6.45) is 0. The van der Waals surface area contributed by atoms with E-state index in [4.69, 9.17) is 20.4 Å². The number of benzene rings is 1. The predicted octanol–water partition coefficient (Wildman–Crippen LogP) is 0.880. The fraction of sp³-hybridized carbons (Fsp3) is 0.462. The Morgan fingerprint density at radius 2 is 1.95 bits per heavy atom. The van der Waals surface area contributed by atoms with Crippen molar-refractivity contribution in [1.82, 2.24) is 0 Å². The van der Waals surface area contributed by atoms with Gasteiger partial charge in [0.2, 0.25) is 0 Å². The van der Waals surface area contributed by atoms with Crippen molar-refractivity contribution in [3.8, 4) is 0 Å². The third kappa shape index (κ3) is 5.15. The van der Waals surface area contributed by atoms with E-state index >= 15 is 0 Å². The number of rotatable bonds is 8. The molecule has 0 unspecified atom stereocenters. The first-order valence-corrected chi connectivity index (χ1v) is 6.04. The van der Waals surface area contributed by atoms with Crippen molar-refractivity contribution >= 4 is 11.5 Å². The molecule has 0 saturated carbocycles. The maximum atomic E-state index is 8.58. The van der Waals surface area contributed by atoms with Crippen molar-refractivity contribution in [1.29, 1.82) is 0 Å². The molecule has 1 aromatic carbocycles. The Balaban J connectivity index is 2.42. The Labute approximate surface area is 113 Å². The number of oxime groups is 1. The van der Waals surface area contributed by atoms with E-state index in [-0.39, 0.29) is 5.84 Å². The van der Waals surface area contributed by atoms with E-state index in [9.17, 15) is 0 Å². The van der Waals surface area contributed by atoms with Gasteiger partial charge >= 0.3 is 0 Å². The topological polar surface area (TPSA) is 80.3 Å². The Morgan fingerprint density at radius 3 is 2.53 bits per heavy atom. The summed E-state index contributed by atoms with van der Waals surface area (Å²) < 4.78 is 10.3. The summed E-state index contributed by atoms with van der Waals surface area (Å²) in [6, 6.07) is 7.46. The lowest BCUT2D eigenvalue weighted by Crippen LogP contribution is -2.23.